The van der Waals surface area contributed by atoms with Gasteiger partial charge in [-0.1, -0.05) is 13.0 Å². The Hall–Kier alpha value is -1.17. The van der Waals surface area contributed by atoms with Gasteiger partial charge >= 0.3 is 0 Å². The lowest BCUT2D eigenvalue weighted by atomic mass is 9.84. The summed E-state index contributed by atoms with van der Waals surface area (Å²) in [7, 11) is 4.08. The van der Waals surface area contributed by atoms with Crippen LogP contribution in [-0.2, 0) is 0 Å². The number of hydrogen-bond acceptors (Lipinski definition) is 5. The second-order valence-electron chi connectivity index (χ2n) is 4.68. The van der Waals surface area contributed by atoms with Crippen LogP contribution in [0.4, 0.5) is 5.82 Å². The van der Waals surface area contributed by atoms with Crippen LogP contribution < -0.4 is 17.0 Å². The van der Waals surface area contributed by atoms with Crippen molar-refractivity contribution in [2.75, 3.05) is 19.8 Å². The highest BCUT2D eigenvalue weighted by molar-refractivity contribution is 5.42. The average Bonchev–Trinajstić information content (AvgIpc) is 2.31. The molecule has 1 heterocycles. The van der Waals surface area contributed by atoms with E-state index in [2.05, 4.69) is 29.2 Å². The first-order valence-corrected chi connectivity index (χ1v) is 5.81. The van der Waals surface area contributed by atoms with Crippen LogP contribution in [0, 0.1) is 0 Å². The van der Waals surface area contributed by atoms with Crippen LogP contribution in [0.2, 0.25) is 0 Å². The van der Waals surface area contributed by atoms with Crippen molar-refractivity contribution in [2.45, 2.75) is 31.8 Å². The number of nitrogens with one attached hydrogen (secondary N) is 1. The van der Waals surface area contributed by atoms with Crippen molar-refractivity contribution < 1.29 is 0 Å². The van der Waals surface area contributed by atoms with Gasteiger partial charge in [0.15, 0.2) is 0 Å². The predicted molar refractivity (Wildman–Crippen MR) is 71.1 cm³/mol. The minimum atomic E-state index is -0.119. The fraction of sp³-hybridized carbons (Fsp3) is 0.583. The summed E-state index contributed by atoms with van der Waals surface area (Å²) in [6.07, 6.45) is 2.63. The molecule has 0 saturated heterocycles. The summed E-state index contributed by atoms with van der Waals surface area (Å²) >= 11 is 0. The van der Waals surface area contributed by atoms with Crippen molar-refractivity contribution in [1.29, 1.82) is 0 Å². The summed E-state index contributed by atoms with van der Waals surface area (Å²) in [5.41, 5.74) is 9.61. The van der Waals surface area contributed by atoms with Gasteiger partial charge in [-0.05, 0) is 33.5 Å². The predicted octanol–water partition coefficient (Wildman–Crippen LogP) is 0.899. The molecule has 0 aliphatic rings. The number of aromatic nitrogens is 1. The van der Waals surface area contributed by atoms with Crippen LogP contribution in [0.15, 0.2) is 18.3 Å². The van der Waals surface area contributed by atoms with E-state index in [1.54, 1.807) is 6.20 Å². The number of nitrogens with two attached hydrogens (primary N) is 2. The Labute approximate surface area is 103 Å². The highest BCUT2D eigenvalue weighted by atomic mass is 15.3. The van der Waals surface area contributed by atoms with Crippen LogP contribution in [0.3, 0.4) is 0 Å². The Morgan fingerprint density at radius 2 is 2.18 bits per heavy atom. The molecular weight excluding hydrogens is 214 g/mol. The molecule has 5 N–H and O–H groups in total. The molecule has 0 aliphatic heterocycles. The third-order valence-electron chi connectivity index (χ3n) is 3.71. The number of nitrogens with zero attached hydrogens (tertiary/aromatic N) is 2. The quantitative estimate of drug-likeness (QED) is 0.523. The summed E-state index contributed by atoms with van der Waals surface area (Å²) in [6.45, 7) is 4.29. The van der Waals surface area contributed by atoms with Crippen molar-refractivity contribution in [1.82, 2.24) is 15.3 Å². The van der Waals surface area contributed by atoms with Crippen molar-refractivity contribution in [2.24, 2.45) is 5.84 Å². The van der Waals surface area contributed by atoms with Crippen LogP contribution in [0.25, 0.3) is 0 Å². The molecule has 0 spiro atoms. The lowest BCUT2D eigenvalue weighted by Gasteiger charge is -2.42. The molecule has 17 heavy (non-hydrogen) atoms. The molecule has 0 fully saturated rings. The van der Waals surface area contributed by atoms with Crippen molar-refractivity contribution in [3.05, 3.63) is 23.9 Å². The Kier molecular flexibility index (Phi) is 4.45. The smallest absolute Gasteiger partial charge is 0.128 e. The zero-order valence-electron chi connectivity index (χ0n) is 11.1. The van der Waals surface area contributed by atoms with E-state index in [9.17, 15) is 0 Å². The fourth-order valence-corrected chi connectivity index (χ4v) is 2.06. The van der Waals surface area contributed by atoms with Crippen LogP contribution in [0.5, 0.6) is 0 Å². The Bertz CT molecular complexity index is 366. The van der Waals surface area contributed by atoms with Crippen LogP contribution in [-0.4, -0.2) is 29.5 Å². The lowest BCUT2D eigenvalue weighted by Crippen LogP contribution is -2.53. The van der Waals surface area contributed by atoms with Gasteiger partial charge in [-0.15, -0.1) is 0 Å². The number of hydrazine groups is 1. The Morgan fingerprint density at radius 3 is 2.59 bits per heavy atom. The van der Waals surface area contributed by atoms with E-state index in [1.807, 2.05) is 26.2 Å². The second kappa shape index (κ2) is 5.44. The largest absolute Gasteiger partial charge is 0.383 e. The maximum atomic E-state index is 5.92. The van der Waals surface area contributed by atoms with Gasteiger partial charge in [-0.3, -0.25) is 11.3 Å². The van der Waals surface area contributed by atoms with E-state index >= 15 is 0 Å². The maximum absolute atomic E-state index is 5.92. The molecule has 5 nitrogen and oxygen atoms in total. The van der Waals surface area contributed by atoms with Gasteiger partial charge < -0.3 is 10.6 Å². The summed E-state index contributed by atoms with van der Waals surface area (Å²) in [4.78, 5) is 6.28. The van der Waals surface area contributed by atoms with E-state index in [1.165, 1.54) is 0 Å². The van der Waals surface area contributed by atoms with Crippen LogP contribution >= 0.6 is 0 Å². The van der Waals surface area contributed by atoms with Gasteiger partial charge in [0.05, 0.1) is 6.04 Å². The molecule has 0 amide bonds. The highest BCUT2D eigenvalue weighted by Crippen LogP contribution is 2.33. The van der Waals surface area contributed by atoms with E-state index in [0.29, 0.717) is 5.82 Å². The molecule has 5 heteroatoms. The van der Waals surface area contributed by atoms with E-state index in [4.69, 9.17) is 11.6 Å². The van der Waals surface area contributed by atoms with Gasteiger partial charge in [0.2, 0.25) is 0 Å². The SMILES string of the molecule is CCC(C)(C(NN)c1cccnc1N)N(C)C. The third kappa shape index (κ3) is 2.57. The number of anilines is 1. The summed E-state index contributed by atoms with van der Waals surface area (Å²) in [6, 6.07) is 3.78. The summed E-state index contributed by atoms with van der Waals surface area (Å²) in [5, 5.41) is 0. The second-order valence-corrected chi connectivity index (χ2v) is 4.68. The average molecular weight is 237 g/mol. The normalized spacial score (nSPS) is 16.8. The minimum Gasteiger partial charge on any atom is -0.383 e. The first kappa shape index (κ1) is 13.9. The van der Waals surface area contributed by atoms with Crippen LogP contribution in [0.1, 0.15) is 31.9 Å². The number of likely N-dealkylation sites (N-methyl/N-ethyl adjacent to an activating group) is 1. The lowest BCUT2D eigenvalue weighted by molar-refractivity contribution is 0.113. The molecule has 0 aromatic carbocycles. The molecular formula is C12H23N5. The molecule has 0 aliphatic carbocycles. The molecule has 96 valence electrons. The molecule has 2 unspecified atom stereocenters. The monoisotopic (exact) mass is 237 g/mol. The standard InChI is InChI=1S/C12H23N5/c1-5-12(2,17(3)4)10(16-14)9-7-6-8-15-11(9)13/h6-8,10,16H,5,14H2,1-4H3,(H2,13,15). The van der Waals surface area contributed by atoms with E-state index in [0.717, 1.165) is 12.0 Å². The number of nitrogen functional groups attached to an aromatic ring is 1. The molecule has 1 rings (SSSR count). The minimum absolute atomic E-state index is 0.0591. The van der Waals surface area contributed by atoms with Crippen molar-refractivity contribution in [3.63, 3.8) is 0 Å². The Morgan fingerprint density at radius 1 is 1.53 bits per heavy atom. The number of rotatable bonds is 5. The first-order chi connectivity index (χ1) is 7.97. The molecule has 1 aromatic heterocycles. The highest BCUT2D eigenvalue weighted by Gasteiger charge is 2.36. The molecule has 0 radical (unpaired) electrons. The fourth-order valence-electron chi connectivity index (χ4n) is 2.06. The van der Waals surface area contributed by atoms with E-state index in [-0.39, 0.29) is 11.6 Å². The molecule has 0 saturated carbocycles. The van der Waals surface area contributed by atoms with Gasteiger partial charge in [-0.25, -0.2) is 4.98 Å². The van der Waals surface area contributed by atoms with Crippen molar-refractivity contribution in [3.8, 4) is 0 Å². The maximum Gasteiger partial charge on any atom is 0.128 e. The Balaban J connectivity index is 3.19. The number of hydrogen-bond donors (Lipinski definition) is 3. The van der Waals surface area contributed by atoms with Gasteiger partial charge in [-0.2, -0.15) is 0 Å². The summed E-state index contributed by atoms with van der Waals surface area (Å²) in [5.74, 6) is 6.24. The third-order valence-corrected chi connectivity index (χ3v) is 3.71. The molecule has 0 bridgehead atoms. The first-order valence-electron chi connectivity index (χ1n) is 5.81. The van der Waals surface area contributed by atoms with E-state index < -0.39 is 0 Å². The molecule has 1 aromatic rings. The topological polar surface area (TPSA) is 80.2 Å². The molecule has 2 atom stereocenters. The number of pyridine rings is 1. The zero-order chi connectivity index (χ0) is 13.1. The zero-order valence-corrected chi connectivity index (χ0v) is 11.1. The van der Waals surface area contributed by atoms with Crippen molar-refractivity contribution >= 4 is 5.82 Å². The van der Waals surface area contributed by atoms with Gasteiger partial charge in [0, 0.05) is 17.3 Å². The summed E-state index contributed by atoms with van der Waals surface area (Å²) < 4.78 is 0. The van der Waals surface area contributed by atoms with Gasteiger partial charge in [0.1, 0.15) is 5.82 Å². The van der Waals surface area contributed by atoms with Gasteiger partial charge in [0.25, 0.3) is 0 Å².